The number of carbonyl (C=O) groups excluding carboxylic acids is 2. The van der Waals surface area contributed by atoms with Gasteiger partial charge in [0.2, 0.25) is 0 Å². The Kier molecular flexibility index (Phi) is 5.11. The zero-order valence-corrected chi connectivity index (χ0v) is 12.9. The summed E-state index contributed by atoms with van der Waals surface area (Å²) in [6.45, 7) is 2.41. The second-order valence-corrected chi connectivity index (χ2v) is 5.56. The van der Waals surface area contributed by atoms with E-state index in [0.717, 1.165) is 5.75 Å². The molecule has 0 bridgehead atoms. The summed E-state index contributed by atoms with van der Waals surface area (Å²) in [6.07, 6.45) is 0. The highest BCUT2D eigenvalue weighted by Crippen LogP contribution is 2.16. The molecule has 1 heterocycles. The van der Waals surface area contributed by atoms with Crippen molar-refractivity contribution >= 4 is 23.0 Å². The molecule has 110 valence electrons. The lowest BCUT2D eigenvalue weighted by Crippen LogP contribution is -2.30. The van der Waals surface area contributed by atoms with Crippen LogP contribution in [0.4, 0.5) is 0 Å². The molecule has 0 N–H and O–H groups in total. The molecule has 2 aromatic rings. The summed E-state index contributed by atoms with van der Waals surface area (Å²) in [7, 11) is 1.72. The maximum Gasteiger partial charge on any atom is 0.254 e. The maximum atomic E-state index is 12.2. The van der Waals surface area contributed by atoms with Crippen molar-refractivity contribution < 1.29 is 14.3 Å². The number of para-hydroxylation sites is 1. The van der Waals surface area contributed by atoms with Crippen LogP contribution in [0.15, 0.2) is 41.8 Å². The number of nitrogens with zero attached hydrogens (tertiary/aromatic N) is 1. The van der Waals surface area contributed by atoms with Crippen LogP contribution in [0.2, 0.25) is 0 Å². The van der Waals surface area contributed by atoms with Gasteiger partial charge in [-0.2, -0.15) is 0 Å². The van der Waals surface area contributed by atoms with Crippen LogP contribution in [0.25, 0.3) is 0 Å². The van der Waals surface area contributed by atoms with Crippen LogP contribution in [-0.2, 0) is 0 Å². The summed E-state index contributed by atoms with van der Waals surface area (Å²) >= 11 is 1.30. The Balaban J connectivity index is 1.86. The Morgan fingerprint density at radius 3 is 2.57 bits per heavy atom. The highest BCUT2D eigenvalue weighted by molar-refractivity contribution is 7.12. The van der Waals surface area contributed by atoms with Gasteiger partial charge >= 0.3 is 0 Å². The number of rotatable bonds is 6. The minimum Gasteiger partial charge on any atom is -0.492 e. The number of benzene rings is 1. The predicted octanol–water partition coefficient (Wildman–Crippen LogP) is 3.10. The summed E-state index contributed by atoms with van der Waals surface area (Å²) in [5.41, 5.74) is 0.549. The van der Waals surface area contributed by atoms with Gasteiger partial charge in [-0.3, -0.25) is 9.59 Å². The van der Waals surface area contributed by atoms with Crippen molar-refractivity contribution in [3.05, 3.63) is 52.2 Å². The summed E-state index contributed by atoms with van der Waals surface area (Å²) in [5.74, 6) is 0.664. The van der Waals surface area contributed by atoms with Crippen molar-refractivity contribution in [3.63, 3.8) is 0 Å². The van der Waals surface area contributed by atoms with Crippen LogP contribution in [-0.4, -0.2) is 36.8 Å². The molecular formula is C16H17NO3S. The van der Waals surface area contributed by atoms with Gasteiger partial charge in [0, 0.05) is 12.4 Å². The highest BCUT2D eigenvalue weighted by Gasteiger charge is 2.15. The van der Waals surface area contributed by atoms with Gasteiger partial charge in [-0.25, -0.2) is 0 Å². The van der Waals surface area contributed by atoms with Crippen LogP contribution in [0.3, 0.4) is 0 Å². The zero-order chi connectivity index (χ0) is 15.2. The van der Waals surface area contributed by atoms with Gasteiger partial charge in [0.25, 0.3) is 5.91 Å². The van der Waals surface area contributed by atoms with Gasteiger partial charge in [-0.15, -0.1) is 11.3 Å². The molecule has 0 unspecified atom stereocenters. The van der Waals surface area contributed by atoms with Gasteiger partial charge in [-0.1, -0.05) is 18.2 Å². The Labute approximate surface area is 128 Å². The molecule has 21 heavy (non-hydrogen) atoms. The fraction of sp³-hybridized carbons (Fsp3) is 0.250. The van der Waals surface area contributed by atoms with Gasteiger partial charge < -0.3 is 9.64 Å². The Morgan fingerprint density at radius 2 is 1.95 bits per heavy atom. The summed E-state index contributed by atoms with van der Waals surface area (Å²) < 4.78 is 5.56. The molecule has 5 heteroatoms. The SMILES string of the molecule is CC(=O)c1cc(C(=O)N(C)CCOc2ccccc2)cs1. The van der Waals surface area contributed by atoms with Crippen LogP contribution in [0.5, 0.6) is 5.75 Å². The first kappa shape index (κ1) is 15.3. The van der Waals surface area contributed by atoms with E-state index in [0.29, 0.717) is 23.6 Å². The van der Waals surface area contributed by atoms with E-state index >= 15 is 0 Å². The molecule has 0 aliphatic carbocycles. The van der Waals surface area contributed by atoms with E-state index in [1.807, 2.05) is 30.3 Å². The van der Waals surface area contributed by atoms with Crippen LogP contribution < -0.4 is 4.74 Å². The van der Waals surface area contributed by atoms with Gasteiger partial charge in [0.05, 0.1) is 17.0 Å². The lowest BCUT2D eigenvalue weighted by Gasteiger charge is -2.16. The molecule has 2 rings (SSSR count). The van der Waals surface area contributed by atoms with Crippen LogP contribution in [0, 0.1) is 0 Å². The molecule has 1 aromatic heterocycles. The van der Waals surface area contributed by atoms with Crippen molar-refractivity contribution in [1.82, 2.24) is 4.90 Å². The van der Waals surface area contributed by atoms with Crippen molar-refractivity contribution in [2.75, 3.05) is 20.2 Å². The molecule has 1 aromatic carbocycles. The third kappa shape index (κ3) is 4.16. The lowest BCUT2D eigenvalue weighted by atomic mass is 10.2. The quantitative estimate of drug-likeness (QED) is 0.770. The first-order valence-corrected chi connectivity index (χ1v) is 7.48. The number of hydrogen-bond donors (Lipinski definition) is 0. The number of thiophene rings is 1. The summed E-state index contributed by atoms with van der Waals surface area (Å²) in [4.78, 5) is 25.6. The average Bonchev–Trinajstić information content (AvgIpc) is 2.97. The topological polar surface area (TPSA) is 46.6 Å². The lowest BCUT2D eigenvalue weighted by molar-refractivity contribution is 0.0774. The standard InChI is InChI=1S/C16H17NO3S/c1-12(18)15-10-13(11-21-15)16(19)17(2)8-9-20-14-6-4-3-5-7-14/h3-7,10-11H,8-9H2,1-2H3. The van der Waals surface area contributed by atoms with Crippen LogP contribution >= 0.6 is 11.3 Å². The van der Waals surface area contributed by atoms with E-state index < -0.39 is 0 Å². The minimum absolute atomic E-state index is 0.0193. The normalized spacial score (nSPS) is 10.2. The first-order valence-electron chi connectivity index (χ1n) is 6.60. The molecule has 0 saturated heterocycles. The van der Waals surface area contributed by atoms with E-state index in [1.165, 1.54) is 18.3 Å². The molecule has 0 spiro atoms. The highest BCUT2D eigenvalue weighted by atomic mass is 32.1. The van der Waals surface area contributed by atoms with Crippen LogP contribution in [0.1, 0.15) is 27.0 Å². The number of ether oxygens (including phenoxy) is 1. The molecule has 0 aliphatic rings. The van der Waals surface area contributed by atoms with Crippen molar-refractivity contribution in [2.24, 2.45) is 0 Å². The maximum absolute atomic E-state index is 12.2. The fourth-order valence-electron chi connectivity index (χ4n) is 1.77. The second kappa shape index (κ2) is 7.04. The van der Waals surface area contributed by atoms with Gasteiger partial charge in [0.1, 0.15) is 12.4 Å². The van der Waals surface area contributed by atoms with E-state index in [1.54, 1.807) is 23.4 Å². The molecule has 0 radical (unpaired) electrons. The Morgan fingerprint density at radius 1 is 1.24 bits per heavy atom. The van der Waals surface area contributed by atoms with Crippen molar-refractivity contribution in [2.45, 2.75) is 6.92 Å². The van der Waals surface area contributed by atoms with Crippen molar-refractivity contribution in [3.8, 4) is 5.75 Å². The molecular weight excluding hydrogens is 286 g/mol. The smallest absolute Gasteiger partial charge is 0.254 e. The average molecular weight is 303 g/mol. The monoisotopic (exact) mass is 303 g/mol. The second-order valence-electron chi connectivity index (χ2n) is 4.64. The fourth-order valence-corrected chi connectivity index (χ4v) is 2.56. The number of hydrogen-bond acceptors (Lipinski definition) is 4. The third-order valence-electron chi connectivity index (χ3n) is 2.98. The van der Waals surface area contributed by atoms with E-state index in [9.17, 15) is 9.59 Å². The molecule has 1 amide bonds. The number of Topliss-reactive ketones (excluding diaryl/α,β-unsaturated/α-hetero) is 1. The molecule has 4 nitrogen and oxygen atoms in total. The molecule has 0 aliphatic heterocycles. The Bertz CT molecular complexity index is 621. The largest absolute Gasteiger partial charge is 0.492 e. The number of likely N-dealkylation sites (N-methyl/N-ethyl adjacent to an activating group) is 1. The van der Waals surface area contributed by atoms with E-state index in [2.05, 4.69) is 0 Å². The van der Waals surface area contributed by atoms with Crippen molar-refractivity contribution in [1.29, 1.82) is 0 Å². The Hall–Kier alpha value is -2.14. The van der Waals surface area contributed by atoms with E-state index in [4.69, 9.17) is 4.74 Å². The van der Waals surface area contributed by atoms with Gasteiger partial charge in [-0.05, 0) is 25.1 Å². The van der Waals surface area contributed by atoms with Gasteiger partial charge in [0.15, 0.2) is 5.78 Å². The summed E-state index contributed by atoms with van der Waals surface area (Å²) in [6, 6.07) is 11.1. The molecule has 0 fully saturated rings. The first-order chi connectivity index (χ1) is 10.1. The molecule has 0 saturated carbocycles. The summed E-state index contributed by atoms with van der Waals surface area (Å²) in [5, 5.41) is 1.72. The third-order valence-corrected chi connectivity index (χ3v) is 4.01. The number of carbonyl (C=O) groups is 2. The van der Waals surface area contributed by atoms with E-state index in [-0.39, 0.29) is 11.7 Å². The molecule has 0 atom stereocenters. The number of ketones is 1. The number of amides is 1. The predicted molar refractivity (Wildman–Crippen MR) is 83.2 cm³/mol. The zero-order valence-electron chi connectivity index (χ0n) is 12.0. The minimum atomic E-state index is -0.101.